The van der Waals surface area contributed by atoms with Gasteiger partial charge in [0.2, 0.25) is 0 Å². The van der Waals surface area contributed by atoms with Gasteiger partial charge in [-0.05, 0) is 6.07 Å². The third kappa shape index (κ3) is 2.68. The van der Waals surface area contributed by atoms with Crippen LogP contribution < -0.4 is 5.32 Å². The SMILES string of the molecule is O=S1(=O)C=CC(NCc2ccccc2F)C1. The second-order valence-corrected chi connectivity index (χ2v) is 5.67. The lowest BCUT2D eigenvalue weighted by Crippen LogP contribution is -2.29. The van der Waals surface area contributed by atoms with Crippen molar-refractivity contribution in [2.24, 2.45) is 0 Å². The molecular formula is C11H12FNO2S. The minimum absolute atomic E-state index is 0.0570. The van der Waals surface area contributed by atoms with Crippen LogP contribution in [0.25, 0.3) is 0 Å². The Kier molecular flexibility index (Phi) is 3.07. The minimum atomic E-state index is -3.05. The Hall–Kier alpha value is -1.20. The highest BCUT2D eigenvalue weighted by atomic mass is 32.2. The maximum atomic E-state index is 13.2. The van der Waals surface area contributed by atoms with E-state index in [1.807, 2.05) is 0 Å². The molecule has 0 spiro atoms. The molecule has 0 fully saturated rings. The van der Waals surface area contributed by atoms with E-state index in [1.54, 1.807) is 24.3 Å². The van der Waals surface area contributed by atoms with Crippen molar-refractivity contribution in [3.63, 3.8) is 0 Å². The number of hydrogen-bond donors (Lipinski definition) is 1. The van der Waals surface area contributed by atoms with Gasteiger partial charge in [-0.15, -0.1) is 0 Å². The van der Waals surface area contributed by atoms with Crippen LogP contribution in [0, 0.1) is 5.82 Å². The molecule has 0 saturated carbocycles. The second-order valence-electron chi connectivity index (χ2n) is 3.74. The number of halogens is 1. The number of nitrogens with one attached hydrogen (secondary N) is 1. The Bertz CT molecular complexity index is 510. The van der Waals surface area contributed by atoms with E-state index in [0.717, 1.165) is 0 Å². The molecule has 0 radical (unpaired) electrons. The van der Waals surface area contributed by atoms with E-state index in [2.05, 4.69) is 5.32 Å². The predicted molar refractivity (Wildman–Crippen MR) is 60.0 cm³/mol. The quantitative estimate of drug-likeness (QED) is 0.865. The normalized spacial score (nSPS) is 22.4. The van der Waals surface area contributed by atoms with Crippen molar-refractivity contribution < 1.29 is 12.8 Å². The van der Waals surface area contributed by atoms with Crippen molar-refractivity contribution >= 4 is 9.84 Å². The summed E-state index contributed by atoms with van der Waals surface area (Å²) in [6.45, 7) is 0.331. The molecule has 1 N–H and O–H groups in total. The fourth-order valence-electron chi connectivity index (χ4n) is 1.59. The maximum absolute atomic E-state index is 13.2. The highest BCUT2D eigenvalue weighted by Gasteiger charge is 2.20. The molecule has 1 unspecified atom stereocenters. The second kappa shape index (κ2) is 4.35. The molecule has 1 aromatic carbocycles. The van der Waals surface area contributed by atoms with Crippen LogP contribution in [0.15, 0.2) is 35.7 Å². The third-order valence-corrected chi connectivity index (χ3v) is 3.84. The monoisotopic (exact) mass is 241 g/mol. The Balaban J connectivity index is 1.95. The van der Waals surface area contributed by atoms with Crippen LogP contribution in [0.4, 0.5) is 4.39 Å². The highest BCUT2D eigenvalue weighted by molar-refractivity contribution is 7.94. The van der Waals surface area contributed by atoms with Crippen molar-refractivity contribution in [2.75, 3.05) is 5.75 Å². The highest BCUT2D eigenvalue weighted by Crippen LogP contribution is 2.10. The molecule has 3 nitrogen and oxygen atoms in total. The number of hydrogen-bond acceptors (Lipinski definition) is 3. The van der Waals surface area contributed by atoms with E-state index in [-0.39, 0.29) is 17.6 Å². The van der Waals surface area contributed by atoms with Gasteiger partial charge >= 0.3 is 0 Å². The lowest BCUT2D eigenvalue weighted by atomic mass is 10.2. The molecule has 0 aliphatic carbocycles. The fourth-order valence-corrected chi connectivity index (χ4v) is 2.86. The smallest absolute Gasteiger partial charge is 0.173 e. The van der Waals surface area contributed by atoms with Gasteiger partial charge in [-0.3, -0.25) is 0 Å². The van der Waals surface area contributed by atoms with Gasteiger partial charge in [0, 0.05) is 23.6 Å². The van der Waals surface area contributed by atoms with Gasteiger partial charge in [0.1, 0.15) is 5.82 Å². The van der Waals surface area contributed by atoms with Gasteiger partial charge in [0.05, 0.1) is 5.75 Å². The first-order chi connectivity index (χ1) is 7.57. The molecule has 86 valence electrons. The molecule has 0 saturated heterocycles. The summed E-state index contributed by atoms with van der Waals surface area (Å²) in [7, 11) is -3.05. The maximum Gasteiger partial charge on any atom is 0.173 e. The summed E-state index contributed by atoms with van der Waals surface area (Å²) < 4.78 is 35.5. The third-order valence-electron chi connectivity index (χ3n) is 2.44. The first kappa shape index (κ1) is 11.3. The van der Waals surface area contributed by atoms with Gasteiger partial charge in [0.25, 0.3) is 0 Å². The van der Waals surface area contributed by atoms with Gasteiger partial charge in [-0.1, -0.05) is 24.3 Å². The summed E-state index contributed by atoms with van der Waals surface area (Å²) in [4.78, 5) is 0. The molecule has 1 heterocycles. The van der Waals surface area contributed by atoms with Crippen LogP contribution >= 0.6 is 0 Å². The first-order valence-electron chi connectivity index (χ1n) is 4.94. The van der Waals surface area contributed by atoms with Gasteiger partial charge in [-0.25, -0.2) is 12.8 Å². The van der Waals surface area contributed by atoms with Gasteiger partial charge < -0.3 is 5.32 Å². The van der Waals surface area contributed by atoms with Crippen LogP contribution in [0.3, 0.4) is 0 Å². The molecule has 2 rings (SSSR count). The predicted octanol–water partition coefficient (Wildman–Crippen LogP) is 1.23. The summed E-state index contributed by atoms with van der Waals surface area (Å²) in [6, 6.07) is 6.22. The molecule has 0 aromatic heterocycles. The van der Waals surface area contributed by atoms with Crippen molar-refractivity contribution in [3.8, 4) is 0 Å². The van der Waals surface area contributed by atoms with E-state index in [9.17, 15) is 12.8 Å². The molecule has 1 atom stereocenters. The van der Waals surface area contributed by atoms with Gasteiger partial charge in [0.15, 0.2) is 9.84 Å². The Labute approximate surface area is 93.9 Å². The molecule has 1 aromatic rings. The van der Waals surface area contributed by atoms with E-state index in [0.29, 0.717) is 12.1 Å². The van der Waals surface area contributed by atoms with Crippen molar-refractivity contribution in [3.05, 3.63) is 47.1 Å². The average Bonchev–Trinajstić information content (AvgIpc) is 2.57. The summed E-state index contributed by atoms with van der Waals surface area (Å²) in [6.07, 6.45) is 1.59. The topological polar surface area (TPSA) is 46.2 Å². The summed E-state index contributed by atoms with van der Waals surface area (Å²) >= 11 is 0. The molecule has 16 heavy (non-hydrogen) atoms. The lowest BCUT2D eigenvalue weighted by Gasteiger charge is -2.10. The van der Waals surface area contributed by atoms with E-state index < -0.39 is 9.84 Å². The average molecular weight is 241 g/mol. The van der Waals surface area contributed by atoms with Crippen LogP contribution in [-0.4, -0.2) is 20.2 Å². The Morgan fingerprint density at radius 1 is 1.38 bits per heavy atom. The molecule has 1 aliphatic heterocycles. The van der Waals surface area contributed by atoms with Crippen LogP contribution in [0.2, 0.25) is 0 Å². The number of sulfone groups is 1. The first-order valence-corrected chi connectivity index (χ1v) is 6.66. The minimum Gasteiger partial charge on any atom is -0.305 e. The number of benzene rings is 1. The largest absolute Gasteiger partial charge is 0.305 e. The van der Waals surface area contributed by atoms with Gasteiger partial charge in [-0.2, -0.15) is 0 Å². The standard InChI is InChI=1S/C11H12FNO2S/c12-11-4-2-1-3-9(11)7-13-10-5-6-16(14,15)8-10/h1-6,10,13H,7-8H2. The zero-order valence-electron chi connectivity index (χ0n) is 8.56. The molecule has 0 amide bonds. The summed E-state index contributed by atoms with van der Waals surface area (Å²) in [5.74, 6) is -0.221. The van der Waals surface area contributed by atoms with Crippen molar-refractivity contribution in [2.45, 2.75) is 12.6 Å². The van der Waals surface area contributed by atoms with E-state index in [4.69, 9.17) is 0 Å². The molecule has 1 aliphatic rings. The van der Waals surface area contributed by atoms with Crippen LogP contribution in [0.1, 0.15) is 5.56 Å². The fraction of sp³-hybridized carbons (Fsp3) is 0.273. The van der Waals surface area contributed by atoms with Crippen LogP contribution in [0.5, 0.6) is 0 Å². The van der Waals surface area contributed by atoms with Crippen molar-refractivity contribution in [1.82, 2.24) is 5.32 Å². The molecular weight excluding hydrogens is 229 g/mol. The van der Waals surface area contributed by atoms with E-state index in [1.165, 1.54) is 11.5 Å². The van der Waals surface area contributed by atoms with Crippen molar-refractivity contribution in [1.29, 1.82) is 0 Å². The Morgan fingerprint density at radius 3 is 2.75 bits per heavy atom. The van der Waals surface area contributed by atoms with E-state index >= 15 is 0 Å². The molecule has 0 bridgehead atoms. The zero-order valence-corrected chi connectivity index (χ0v) is 9.37. The Morgan fingerprint density at radius 2 is 2.12 bits per heavy atom. The van der Waals surface area contributed by atoms with Crippen LogP contribution in [-0.2, 0) is 16.4 Å². The molecule has 5 heteroatoms. The summed E-state index contributed by atoms with van der Waals surface area (Å²) in [5.41, 5.74) is 0.542. The summed E-state index contributed by atoms with van der Waals surface area (Å²) in [5, 5.41) is 4.19. The lowest BCUT2D eigenvalue weighted by molar-refractivity contribution is 0.568. The zero-order chi connectivity index (χ0) is 11.6. The number of rotatable bonds is 3.